The molecule has 2 nitrogen and oxygen atoms in total. The minimum atomic E-state index is -0.0556. The van der Waals surface area contributed by atoms with Crippen molar-refractivity contribution >= 4 is 5.78 Å². The van der Waals surface area contributed by atoms with E-state index in [1.807, 2.05) is 13.8 Å². The molecule has 1 fully saturated rings. The van der Waals surface area contributed by atoms with Crippen LogP contribution in [-0.2, 0) is 4.79 Å². The monoisotopic (exact) mass is 151 g/mol. The first-order valence-corrected chi connectivity index (χ1v) is 3.89. The molecular formula is C9H13NO. The van der Waals surface area contributed by atoms with Gasteiger partial charge in [0.15, 0.2) is 0 Å². The molecule has 0 N–H and O–H groups in total. The standard InChI is InChI=1S/C9H13NO/c1-6(11)7-4-9(2,3)8(7)5-10/h7-8H,4H2,1-3H3. The number of nitriles is 1. The first-order valence-electron chi connectivity index (χ1n) is 3.89. The zero-order valence-electron chi connectivity index (χ0n) is 7.22. The van der Waals surface area contributed by atoms with Gasteiger partial charge >= 0.3 is 0 Å². The average molecular weight is 151 g/mol. The van der Waals surface area contributed by atoms with E-state index in [4.69, 9.17) is 5.26 Å². The summed E-state index contributed by atoms with van der Waals surface area (Å²) in [5.41, 5.74) is 0.0606. The number of carbonyl (C=O) groups excluding carboxylic acids is 1. The summed E-state index contributed by atoms with van der Waals surface area (Å²) < 4.78 is 0. The van der Waals surface area contributed by atoms with Crippen LogP contribution in [0, 0.1) is 28.6 Å². The van der Waals surface area contributed by atoms with Crippen molar-refractivity contribution < 1.29 is 4.79 Å². The zero-order chi connectivity index (χ0) is 8.65. The van der Waals surface area contributed by atoms with Crippen molar-refractivity contribution in [2.75, 3.05) is 0 Å². The van der Waals surface area contributed by atoms with Crippen molar-refractivity contribution in [3.8, 4) is 6.07 Å². The minimum Gasteiger partial charge on any atom is -0.300 e. The number of nitrogens with zero attached hydrogens (tertiary/aromatic N) is 1. The maximum atomic E-state index is 10.9. The third-order valence-electron chi connectivity index (χ3n) is 2.65. The highest BCUT2D eigenvalue weighted by Gasteiger charge is 2.49. The summed E-state index contributed by atoms with van der Waals surface area (Å²) in [5.74, 6) is 0.117. The molecule has 2 unspecified atom stereocenters. The van der Waals surface area contributed by atoms with Gasteiger partial charge < -0.3 is 0 Å². The second-order valence-electron chi connectivity index (χ2n) is 4.02. The lowest BCUT2D eigenvalue weighted by atomic mass is 9.55. The largest absolute Gasteiger partial charge is 0.300 e. The van der Waals surface area contributed by atoms with Crippen LogP contribution in [0.3, 0.4) is 0 Å². The molecule has 2 atom stereocenters. The van der Waals surface area contributed by atoms with Gasteiger partial charge in [-0.25, -0.2) is 0 Å². The van der Waals surface area contributed by atoms with E-state index in [1.165, 1.54) is 0 Å². The maximum Gasteiger partial charge on any atom is 0.134 e. The Morgan fingerprint density at radius 1 is 1.64 bits per heavy atom. The second-order valence-corrected chi connectivity index (χ2v) is 4.02. The lowest BCUT2D eigenvalue weighted by molar-refractivity contribution is -0.130. The summed E-state index contributed by atoms with van der Waals surface area (Å²) in [6, 6.07) is 2.20. The molecule has 1 rings (SSSR count). The predicted octanol–water partition coefficient (Wildman–Crippen LogP) is 1.76. The summed E-state index contributed by atoms with van der Waals surface area (Å²) in [6.45, 7) is 5.66. The van der Waals surface area contributed by atoms with Crippen LogP contribution in [0.5, 0.6) is 0 Å². The molecule has 11 heavy (non-hydrogen) atoms. The molecule has 0 amide bonds. The first-order chi connectivity index (χ1) is 4.99. The Hall–Kier alpha value is -0.840. The molecule has 2 heteroatoms. The van der Waals surface area contributed by atoms with E-state index in [9.17, 15) is 4.79 Å². The summed E-state index contributed by atoms with van der Waals surface area (Å²) in [4.78, 5) is 10.9. The van der Waals surface area contributed by atoms with E-state index in [2.05, 4.69) is 6.07 Å². The Bertz CT molecular complexity index is 224. The zero-order valence-corrected chi connectivity index (χ0v) is 7.22. The van der Waals surface area contributed by atoms with Crippen molar-refractivity contribution in [3.05, 3.63) is 0 Å². The van der Waals surface area contributed by atoms with Crippen molar-refractivity contribution in [1.82, 2.24) is 0 Å². The molecule has 1 saturated carbocycles. The van der Waals surface area contributed by atoms with Gasteiger partial charge in [0.25, 0.3) is 0 Å². The van der Waals surface area contributed by atoms with Gasteiger partial charge in [0, 0.05) is 5.92 Å². The lowest BCUT2D eigenvalue weighted by Crippen LogP contribution is -2.46. The number of hydrogen-bond donors (Lipinski definition) is 0. The van der Waals surface area contributed by atoms with Crippen LogP contribution in [0.1, 0.15) is 27.2 Å². The van der Waals surface area contributed by atoms with Gasteiger partial charge in [-0.05, 0) is 18.8 Å². The summed E-state index contributed by atoms with van der Waals surface area (Å²) in [5, 5.41) is 8.74. The van der Waals surface area contributed by atoms with Crippen molar-refractivity contribution in [3.63, 3.8) is 0 Å². The van der Waals surface area contributed by atoms with Gasteiger partial charge in [-0.1, -0.05) is 13.8 Å². The van der Waals surface area contributed by atoms with E-state index in [0.29, 0.717) is 0 Å². The number of carbonyl (C=O) groups is 1. The van der Waals surface area contributed by atoms with E-state index >= 15 is 0 Å². The highest BCUT2D eigenvalue weighted by molar-refractivity contribution is 5.80. The van der Waals surface area contributed by atoms with E-state index < -0.39 is 0 Å². The van der Waals surface area contributed by atoms with Gasteiger partial charge in [0.2, 0.25) is 0 Å². The third-order valence-corrected chi connectivity index (χ3v) is 2.65. The van der Waals surface area contributed by atoms with E-state index in [0.717, 1.165) is 6.42 Å². The Balaban J connectivity index is 2.69. The molecule has 0 radical (unpaired) electrons. The Kier molecular flexibility index (Phi) is 1.75. The predicted molar refractivity (Wildman–Crippen MR) is 41.7 cm³/mol. The van der Waals surface area contributed by atoms with Crippen LogP contribution >= 0.6 is 0 Å². The summed E-state index contributed by atoms with van der Waals surface area (Å²) in [7, 11) is 0. The van der Waals surface area contributed by atoms with Gasteiger partial charge in [0.05, 0.1) is 12.0 Å². The molecule has 0 aromatic carbocycles. The lowest BCUT2D eigenvalue weighted by Gasteiger charge is -2.46. The van der Waals surface area contributed by atoms with Crippen LogP contribution in [0.4, 0.5) is 0 Å². The molecule has 0 spiro atoms. The Labute approximate surface area is 67.2 Å². The Morgan fingerprint density at radius 3 is 2.36 bits per heavy atom. The highest BCUT2D eigenvalue weighted by atomic mass is 16.1. The van der Waals surface area contributed by atoms with Crippen LogP contribution in [0.25, 0.3) is 0 Å². The molecule has 60 valence electrons. The number of Topliss-reactive ketones (excluding diaryl/α,β-unsaturated/α-hetero) is 1. The molecule has 0 aliphatic heterocycles. The fraction of sp³-hybridized carbons (Fsp3) is 0.778. The molecule has 0 heterocycles. The summed E-state index contributed by atoms with van der Waals surface area (Å²) >= 11 is 0. The number of hydrogen-bond acceptors (Lipinski definition) is 2. The molecule has 0 saturated heterocycles. The van der Waals surface area contributed by atoms with Crippen LogP contribution < -0.4 is 0 Å². The fourth-order valence-corrected chi connectivity index (χ4v) is 1.84. The molecule has 0 aromatic heterocycles. The van der Waals surface area contributed by atoms with Gasteiger partial charge in [-0.2, -0.15) is 5.26 Å². The van der Waals surface area contributed by atoms with E-state index in [1.54, 1.807) is 6.92 Å². The molecular weight excluding hydrogens is 138 g/mol. The number of rotatable bonds is 1. The van der Waals surface area contributed by atoms with Gasteiger partial charge in [-0.15, -0.1) is 0 Å². The first kappa shape index (κ1) is 8.26. The Morgan fingerprint density at radius 2 is 2.18 bits per heavy atom. The normalized spacial score (nSPS) is 33.6. The molecule has 1 aliphatic rings. The fourth-order valence-electron chi connectivity index (χ4n) is 1.84. The topological polar surface area (TPSA) is 40.9 Å². The quantitative estimate of drug-likeness (QED) is 0.573. The van der Waals surface area contributed by atoms with Crippen molar-refractivity contribution in [1.29, 1.82) is 5.26 Å². The van der Waals surface area contributed by atoms with E-state index in [-0.39, 0.29) is 23.0 Å². The average Bonchev–Trinajstić information content (AvgIpc) is 1.84. The smallest absolute Gasteiger partial charge is 0.134 e. The molecule has 1 aliphatic carbocycles. The van der Waals surface area contributed by atoms with Gasteiger partial charge in [0.1, 0.15) is 5.78 Å². The second kappa shape index (κ2) is 2.34. The van der Waals surface area contributed by atoms with Crippen molar-refractivity contribution in [2.24, 2.45) is 17.3 Å². The summed E-state index contributed by atoms with van der Waals surface area (Å²) in [6.07, 6.45) is 0.876. The van der Waals surface area contributed by atoms with Crippen LogP contribution in [0.2, 0.25) is 0 Å². The van der Waals surface area contributed by atoms with Crippen molar-refractivity contribution in [2.45, 2.75) is 27.2 Å². The molecule has 0 aromatic rings. The van der Waals surface area contributed by atoms with Crippen LogP contribution in [-0.4, -0.2) is 5.78 Å². The molecule has 0 bridgehead atoms. The minimum absolute atomic E-state index is 0.00926. The van der Waals surface area contributed by atoms with Crippen LogP contribution in [0.15, 0.2) is 0 Å². The number of ketones is 1. The highest BCUT2D eigenvalue weighted by Crippen LogP contribution is 2.50. The maximum absolute atomic E-state index is 10.9. The van der Waals surface area contributed by atoms with Gasteiger partial charge in [-0.3, -0.25) is 4.79 Å². The third kappa shape index (κ3) is 1.16. The SMILES string of the molecule is CC(=O)C1CC(C)(C)C1C#N.